The lowest BCUT2D eigenvalue weighted by atomic mass is 10.1. The Hall–Kier alpha value is -3.53. The summed E-state index contributed by atoms with van der Waals surface area (Å²) in [5.41, 5.74) is 1.86. The number of carbonyl (C=O) groups excluding carboxylic acids is 2. The molecule has 0 aromatic heterocycles. The summed E-state index contributed by atoms with van der Waals surface area (Å²) in [6.07, 6.45) is 0.00939. The Morgan fingerprint density at radius 2 is 1.90 bits per heavy atom. The number of nitro benzene ring substituents is 1. The van der Waals surface area contributed by atoms with Crippen LogP contribution in [0.5, 0.6) is 0 Å². The van der Waals surface area contributed by atoms with Gasteiger partial charge in [0, 0.05) is 24.2 Å². The van der Waals surface area contributed by atoms with E-state index in [0.29, 0.717) is 22.1 Å². The third-order valence-electron chi connectivity index (χ3n) is 3.99. The predicted molar refractivity (Wildman–Crippen MR) is 112 cm³/mol. The van der Waals surface area contributed by atoms with Gasteiger partial charge in [-0.1, -0.05) is 30.0 Å². The maximum absolute atomic E-state index is 12.1. The van der Waals surface area contributed by atoms with Gasteiger partial charge < -0.3 is 10.6 Å². The number of nitrogens with zero attached hydrogens (tertiary/aromatic N) is 3. The number of anilines is 1. The second-order valence-corrected chi connectivity index (χ2v) is 7.30. The summed E-state index contributed by atoms with van der Waals surface area (Å²) in [6, 6.07) is 14.9. The van der Waals surface area contributed by atoms with Gasteiger partial charge in [-0.3, -0.25) is 19.7 Å². The van der Waals surface area contributed by atoms with Crippen molar-refractivity contribution in [3.05, 3.63) is 70.3 Å². The van der Waals surface area contributed by atoms with E-state index >= 15 is 0 Å². The van der Waals surface area contributed by atoms with Crippen molar-refractivity contribution in [3.63, 3.8) is 0 Å². The number of rotatable bonds is 6. The Balaban J connectivity index is 1.60. The summed E-state index contributed by atoms with van der Waals surface area (Å²) in [4.78, 5) is 34.4. The molecule has 2 amide bonds. The number of amides is 2. The van der Waals surface area contributed by atoms with Gasteiger partial charge in [-0.25, -0.2) is 0 Å². The van der Waals surface area contributed by atoms with Crippen LogP contribution >= 0.6 is 11.8 Å². The molecule has 10 heteroatoms. The average molecular weight is 411 g/mol. The molecular weight excluding hydrogens is 394 g/mol. The highest BCUT2D eigenvalue weighted by molar-refractivity contribution is 8.15. The minimum atomic E-state index is -0.590. The van der Waals surface area contributed by atoms with Crippen LogP contribution < -0.4 is 10.6 Å². The third kappa shape index (κ3) is 5.48. The van der Waals surface area contributed by atoms with Crippen molar-refractivity contribution >= 4 is 45.8 Å². The molecule has 29 heavy (non-hydrogen) atoms. The summed E-state index contributed by atoms with van der Waals surface area (Å²) in [6.45, 7) is 1.71. The monoisotopic (exact) mass is 411 g/mol. The fraction of sp³-hybridized carbons (Fsp3) is 0.158. The highest BCUT2D eigenvalue weighted by atomic mass is 32.2. The van der Waals surface area contributed by atoms with E-state index < -0.39 is 10.2 Å². The summed E-state index contributed by atoms with van der Waals surface area (Å²) >= 11 is 1.13. The van der Waals surface area contributed by atoms with E-state index in [9.17, 15) is 19.7 Å². The van der Waals surface area contributed by atoms with Crippen LogP contribution in [0.25, 0.3) is 0 Å². The van der Waals surface area contributed by atoms with E-state index in [2.05, 4.69) is 20.8 Å². The minimum Gasteiger partial charge on any atom is -0.326 e. The highest BCUT2D eigenvalue weighted by Crippen LogP contribution is 2.23. The van der Waals surface area contributed by atoms with E-state index in [1.807, 2.05) is 18.2 Å². The fourth-order valence-electron chi connectivity index (χ4n) is 2.49. The van der Waals surface area contributed by atoms with E-state index in [0.717, 1.165) is 11.8 Å². The standard InChI is InChI=1S/C19H17N5O4S/c1-12(13-7-9-15(10-8-13)24(27)28)22-23-19-21-18(26)16(29-19)11-17(25)20-14-5-3-2-4-6-14/h2-10,16H,11H2,1H3,(H,20,25)(H,21,23,26). The van der Waals surface area contributed by atoms with Gasteiger partial charge in [0.05, 0.1) is 10.6 Å². The molecule has 148 valence electrons. The molecule has 1 atom stereocenters. The van der Waals surface area contributed by atoms with E-state index in [4.69, 9.17) is 0 Å². The van der Waals surface area contributed by atoms with E-state index in [-0.39, 0.29) is 23.9 Å². The van der Waals surface area contributed by atoms with Gasteiger partial charge in [-0.05, 0) is 36.8 Å². The quantitative estimate of drug-likeness (QED) is 0.429. The van der Waals surface area contributed by atoms with Gasteiger partial charge in [0.1, 0.15) is 5.25 Å². The molecule has 2 aromatic carbocycles. The zero-order chi connectivity index (χ0) is 20.8. The van der Waals surface area contributed by atoms with Gasteiger partial charge in [0.15, 0.2) is 5.17 Å². The van der Waals surface area contributed by atoms with Crippen molar-refractivity contribution in [2.24, 2.45) is 10.2 Å². The molecule has 0 radical (unpaired) electrons. The number of thioether (sulfide) groups is 1. The van der Waals surface area contributed by atoms with Crippen molar-refractivity contribution < 1.29 is 14.5 Å². The van der Waals surface area contributed by atoms with E-state index in [1.54, 1.807) is 31.2 Å². The molecule has 1 fully saturated rings. The molecule has 0 spiro atoms. The topological polar surface area (TPSA) is 126 Å². The van der Waals surface area contributed by atoms with Gasteiger partial charge in [-0.15, -0.1) is 5.10 Å². The number of benzene rings is 2. The molecule has 1 aliphatic heterocycles. The molecule has 1 saturated heterocycles. The van der Waals surface area contributed by atoms with Crippen molar-refractivity contribution in [1.82, 2.24) is 5.32 Å². The van der Waals surface area contributed by atoms with Gasteiger partial charge >= 0.3 is 0 Å². The molecule has 0 bridgehead atoms. The average Bonchev–Trinajstić information content (AvgIpc) is 3.06. The van der Waals surface area contributed by atoms with Crippen molar-refractivity contribution in [1.29, 1.82) is 0 Å². The number of hydrogen-bond acceptors (Lipinski definition) is 7. The van der Waals surface area contributed by atoms with Crippen LogP contribution in [0.4, 0.5) is 11.4 Å². The Kier molecular flexibility index (Phi) is 6.35. The molecule has 1 unspecified atom stereocenters. The first-order chi connectivity index (χ1) is 13.9. The van der Waals surface area contributed by atoms with Crippen LogP contribution in [0, 0.1) is 10.1 Å². The first-order valence-electron chi connectivity index (χ1n) is 8.62. The minimum absolute atomic E-state index is 0.00939. The molecule has 2 N–H and O–H groups in total. The molecule has 2 aromatic rings. The maximum atomic E-state index is 12.1. The van der Waals surface area contributed by atoms with Crippen molar-refractivity contribution in [2.75, 3.05) is 5.32 Å². The fourth-order valence-corrected chi connectivity index (χ4v) is 3.41. The Labute approximate surface area is 170 Å². The van der Waals surface area contributed by atoms with Crippen LogP contribution in [-0.2, 0) is 9.59 Å². The van der Waals surface area contributed by atoms with E-state index in [1.165, 1.54) is 12.1 Å². The Morgan fingerprint density at radius 3 is 2.55 bits per heavy atom. The largest absolute Gasteiger partial charge is 0.326 e. The Morgan fingerprint density at radius 1 is 1.21 bits per heavy atom. The SMILES string of the molecule is CC(=N/N=C1\NC(=O)C(CC(=O)Nc2ccccc2)S1)c1ccc([N+](=O)[O-])cc1. The number of hydrogen-bond donors (Lipinski definition) is 2. The summed E-state index contributed by atoms with van der Waals surface area (Å²) in [7, 11) is 0. The summed E-state index contributed by atoms with van der Waals surface area (Å²) < 4.78 is 0. The second kappa shape index (κ2) is 9.11. The van der Waals surface area contributed by atoms with Crippen molar-refractivity contribution in [2.45, 2.75) is 18.6 Å². The smallest absolute Gasteiger partial charge is 0.269 e. The molecule has 1 aliphatic rings. The molecule has 0 aliphatic carbocycles. The van der Waals surface area contributed by atoms with Crippen LogP contribution in [0.1, 0.15) is 18.9 Å². The van der Waals surface area contributed by atoms with Crippen molar-refractivity contribution in [3.8, 4) is 0 Å². The third-order valence-corrected chi connectivity index (χ3v) is 5.06. The zero-order valence-electron chi connectivity index (χ0n) is 15.4. The van der Waals surface area contributed by atoms with Crippen LogP contribution in [-0.4, -0.2) is 32.9 Å². The normalized spacial score (nSPS) is 17.8. The van der Waals surface area contributed by atoms with Gasteiger partial charge in [0.2, 0.25) is 11.8 Å². The lowest BCUT2D eigenvalue weighted by molar-refractivity contribution is -0.384. The van der Waals surface area contributed by atoms with Gasteiger partial charge in [0.25, 0.3) is 5.69 Å². The number of non-ortho nitro benzene ring substituents is 1. The number of amidine groups is 1. The highest BCUT2D eigenvalue weighted by Gasteiger charge is 2.32. The Bertz CT molecular complexity index is 989. The van der Waals surface area contributed by atoms with Gasteiger partial charge in [-0.2, -0.15) is 5.10 Å². The maximum Gasteiger partial charge on any atom is 0.269 e. The summed E-state index contributed by atoms with van der Waals surface area (Å²) in [5, 5.41) is 23.8. The van der Waals surface area contributed by atoms with Crippen LogP contribution in [0.2, 0.25) is 0 Å². The lowest BCUT2D eigenvalue weighted by Crippen LogP contribution is -2.28. The van der Waals surface area contributed by atoms with Crippen LogP contribution in [0.15, 0.2) is 64.8 Å². The molecular formula is C19H17N5O4S. The number of para-hydroxylation sites is 1. The molecule has 3 rings (SSSR count). The zero-order valence-corrected chi connectivity index (χ0v) is 16.2. The number of carbonyl (C=O) groups is 2. The molecule has 1 heterocycles. The van der Waals surface area contributed by atoms with Crippen LogP contribution in [0.3, 0.4) is 0 Å². The molecule has 9 nitrogen and oxygen atoms in total. The second-order valence-electron chi connectivity index (χ2n) is 6.11. The first kappa shape index (κ1) is 20.2. The predicted octanol–water partition coefficient (Wildman–Crippen LogP) is 2.94. The summed E-state index contributed by atoms with van der Waals surface area (Å²) in [5.74, 6) is -0.573. The number of nitrogens with one attached hydrogen (secondary N) is 2. The molecule has 0 saturated carbocycles. The number of nitro groups is 1. The lowest BCUT2D eigenvalue weighted by Gasteiger charge is -2.06. The first-order valence-corrected chi connectivity index (χ1v) is 9.50.